The second kappa shape index (κ2) is 4.52. The van der Waals surface area contributed by atoms with Gasteiger partial charge in [-0.1, -0.05) is 11.6 Å². The monoisotopic (exact) mass is 249 g/mol. The Morgan fingerprint density at radius 1 is 1.06 bits per heavy atom. The van der Waals surface area contributed by atoms with Crippen LogP contribution < -0.4 is 0 Å². The van der Waals surface area contributed by atoms with Crippen molar-refractivity contribution in [1.29, 1.82) is 5.26 Å². The number of hydrogen-bond acceptors (Lipinski definition) is 1. The zero-order chi connectivity index (χ0) is 12.4. The highest BCUT2D eigenvalue weighted by atomic mass is 35.5. The molecule has 0 aliphatic heterocycles. The van der Waals surface area contributed by atoms with Gasteiger partial charge in [-0.25, -0.2) is 8.78 Å². The van der Waals surface area contributed by atoms with Crippen LogP contribution in [0.5, 0.6) is 0 Å². The van der Waals surface area contributed by atoms with Crippen LogP contribution in [0.1, 0.15) is 5.56 Å². The molecule has 2 aromatic carbocycles. The third-order valence-electron chi connectivity index (χ3n) is 2.27. The normalized spacial score (nSPS) is 10.0. The minimum absolute atomic E-state index is 0.158. The van der Waals surface area contributed by atoms with E-state index in [2.05, 4.69) is 0 Å². The fraction of sp³-hybridized carbons (Fsp3) is 0. The van der Waals surface area contributed by atoms with E-state index < -0.39 is 11.6 Å². The van der Waals surface area contributed by atoms with Crippen molar-refractivity contribution in [2.24, 2.45) is 0 Å². The second-order valence-electron chi connectivity index (χ2n) is 3.46. The number of halogens is 3. The number of nitriles is 1. The van der Waals surface area contributed by atoms with Gasteiger partial charge < -0.3 is 0 Å². The summed E-state index contributed by atoms with van der Waals surface area (Å²) in [4.78, 5) is 0. The first-order valence-corrected chi connectivity index (χ1v) is 5.14. The van der Waals surface area contributed by atoms with Gasteiger partial charge in [-0.3, -0.25) is 0 Å². The predicted molar refractivity (Wildman–Crippen MR) is 61.5 cm³/mol. The van der Waals surface area contributed by atoms with Crippen LogP contribution in [0.25, 0.3) is 11.1 Å². The lowest BCUT2D eigenvalue weighted by Gasteiger charge is -2.05. The average molecular weight is 250 g/mol. The highest BCUT2D eigenvalue weighted by molar-refractivity contribution is 6.30. The quantitative estimate of drug-likeness (QED) is 0.745. The highest BCUT2D eigenvalue weighted by Gasteiger charge is 2.08. The van der Waals surface area contributed by atoms with Crippen molar-refractivity contribution < 1.29 is 8.78 Å². The lowest BCUT2D eigenvalue weighted by Crippen LogP contribution is -1.87. The second-order valence-corrected chi connectivity index (χ2v) is 3.90. The molecule has 0 aliphatic rings. The van der Waals surface area contributed by atoms with E-state index in [4.69, 9.17) is 16.9 Å². The molecule has 17 heavy (non-hydrogen) atoms. The van der Waals surface area contributed by atoms with Gasteiger partial charge in [0.25, 0.3) is 0 Å². The van der Waals surface area contributed by atoms with E-state index in [-0.39, 0.29) is 10.6 Å². The van der Waals surface area contributed by atoms with Gasteiger partial charge in [-0.2, -0.15) is 5.26 Å². The smallest absolute Gasteiger partial charge is 0.131 e. The van der Waals surface area contributed by atoms with Gasteiger partial charge in [0.15, 0.2) is 0 Å². The molecule has 0 amide bonds. The van der Waals surface area contributed by atoms with Crippen molar-refractivity contribution >= 4 is 11.6 Å². The van der Waals surface area contributed by atoms with Crippen LogP contribution in [-0.2, 0) is 0 Å². The molecule has 2 aromatic rings. The minimum atomic E-state index is -0.547. The van der Waals surface area contributed by atoms with Crippen LogP contribution in [0, 0.1) is 23.0 Å². The Balaban J connectivity index is 2.63. The summed E-state index contributed by atoms with van der Waals surface area (Å²) in [5.74, 6) is -1.07. The van der Waals surface area contributed by atoms with E-state index in [1.165, 1.54) is 30.3 Å². The Morgan fingerprint density at radius 2 is 1.82 bits per heavy atom. The molecule has 0 aromatic heterocycles. The standard InChI is InChI=1S/C13H6ClF2N/c14-10-4-9(5-11(15)6-10)12-3-8(7-17)1-2-13(12)16/h1-6H. The zero-order valence-corrected chi connectivity index (χ0v) is 9.30. The molecule has 0 unspecified atom stereocenters. The van der Waals surface area contributed by atoms with Crippen molar-refractivity contribution in [2.75, 3.05) is 0 Å². The summed E-state index contributed by atoms with van der Waals surface area (Å²) in [6.07, 6.45) is 0. The Bertz CT molecular complexity index is 597. The van der Waals surface area contributed by atoms with E-state index >= 15 is 0 Å². The fourth-order valence-electron chi connectivity index (χ4n) is 1.53. The number of hydrogen-bond donors (Lipinski definition) is 0. The summed E-state index contributed by atoms with van der Waals surface area (Å²) >= 11 is 5.70. The van der Waals surface area contributed by atoms with Crippen molar-refractivity contribution in [3.8, 4) is 17.2 Å². The maximum atomic E-state index is 13.6. The van der Waals surface area contributed by atoms with Gasteiger partial charge in [0.1, 0.15) is 11.6 Å². The third-order valence-corrected chi connectivity index (χ3v) is 2.49. The molecule has 4 heteroatoms. The maximum absolute atomic E-state index is 13.6. The van der Waals surface area contributed by atoms with Crippen LogP contribution in [0.4, 0.5) is 8.78 Å². The zero-order valence-electron chi connectivity index (χ0n) is 8.55. The minimum Gasteiger partial charge on any atom is -0.207 e. The molecule has 0 spiro atoms. The van der Waals surface area contributed by atoms with E-state index in [1.807, 2.05) is 6.07 Å². The van der Waals surface area contributed by atoms with Crippen LogP contribution in [0.3, 0.4) is 0 Å². The summed E-state index contributed by atoms with van der Waals surface area (Å²) < 4.78 is 26.7. The van der Waals surface area contributed by atoms with Crippen LogP contribution >= 0.6 is 11.6 Å². The van der Waals surface area contributed by atoms with Crippen LogP contribution in [-0.4, -0.2) is 0 Å². The number of benzene rings is 2. The van der Waals surface area contributed by atoms with E-state index in [1.54, 1.807) is 0 Å². The first-order valence-electron chi connectivity index (χ1n) is 4.76. The van der Waals surface area contributed by atoms with Crippen molar-refractivity contribution in [3.63, 3.8) is 0 Å². The molecule has 0 radical (unpaired) electrons. The SMILES string of the molecule is N#Cc1ccc(F)c(-c2cc(F)cc(Cl)c2)c1. The molecular weight excluding hydrogens is 244 g/mol. The van der Waals surface area contributed by atoms with Crippen molar-refractivity contribution in [2.45, 2.75) is 0 Å². The van der Waals surface area contributed by atoms with Gasteiger partial charge in [-0.05, 0) is 42.0 Å². The summed E-state index contributed by atoms with van der Waals surface area (Å²) in [6, 6.07) is 9.55. The molecule has 0 heterocycles. The van der Waals surface area contributed by atoms with Gasteiger partial charge in [0.2, 0.25) is 0 Å². The highest BCUT2D eigenvalue weighted by Crippen LogP contribution is 2.27. The first kappa shape index (κ1) is 11.6. The largest absolute Gasteiger partial charge is 0.207 e. The lowest BCUT2D eigenvalue weighted by molar-refractivity contribution is 0.624. The molecule has 84 valence electrons. The third kappa shape index (κ3) is 2.43. The van der Waals surface area contributed by atoms with E-state index in [9.17, 15) is 8.78 Å². The van der Waals surface area contributed by atoms with Crippen LogP contribution in [0.2, 0.25) is 5.02 Å². The molecule has 0 aliphatic carbocycles. The summed E-state index contributed by atoms with van der Waals surface area (Å²) in [6.45, 7) is 0. The summed E-state index contributed by atoms with van der Waals surface area (Å²) in [5.41, 5.74) is 0.775. The average Bonchev–Trinajstić information content (AvgIpc) is 2.28. The van der Waals surface area contributed by atoms with Gasteiger partial charge in [0, 0.05) is 10.6 Å². The Morgan fingerprint density at radius 3 is 2.47 bits per heavy atom. The van der Waals surface area contributed by atoms with E-state index in [0.29, 0.717) is 11.1 Å². The van der Waals surface area contributed by atoms with Crippen LogP contribution in [0.15, 0.2) is 36.4 Å². The molecule has 1 nitrogen and oxygen atoms in total. The molecule has 0 saturated heterocycles. The van der Waals surface area contributed by atoms with Gasteiger partial charge >= 0.3 is 0 Å². The topological polar surface area (TPSA) is 23.8 Å². The maximum Gasteiger partial charge on any atom is 0.131 e. The summed E-state index contributed by atoms with van der Waals surface area (Å²) in [7, 11) is 0. The molecule has 0 N–H and O–H groups in total. The molecule has 0 saturated carbocycles. The van der Waals surface area contributed by atoms with E-state index in [0.717, 1.165) is 6.07 Å². The Hall–Kier alpha value is -1.92. The summed E-state index contributed by atoms with van der Waals surface area (Å²) in [5, 5.41) is 8.92. The molecule has 0 atom stereocenters. The predicted octanol–water partition coefficient (Wildman–Crippen LogP) is 4.16. The van der Waals surface area contributed by atoms with Gasteiger partial charge in [0.05, 0.1) is 11.6 Å². The fourth-order valence-corrected chi connectivity index (χ4v) is 1.75. The Kier molecular flexibility index (Phi) is 3.08. The first-order chi connectivity index (χ1) is 8.10. The van der Waals surface area contributed by atoms with Crippen molar-refractivity contribution in [3.05, 3.63) is 58.6 Å². The molecule has 0 fully saturated rings. The Labute approximate surface area is 102 Å². The molecule has 0 bridgehead atoms. The number of nitrogens with zero attached hydrogens (tertiary/aromatic N) is 1. The molecular formula is C13H6ClF2N. The molecule has 2 rings (SSSR count). The lowest BCUT2D eigenvalue weighted by atomic mass is 10.0. The number of rotatable bonds is 1. The van der Waals surface area contributed by atoms with Gasteiger partial charge in [-0.15, -0.1) is 0 Å². The van der Waals surface area contributed by atoms with Crippen molar-refractivity contribution in [1.82, 2.24) is 0 Å².